The topological polar surface area (TPSA) is 47.0 Å². The van der Waals surface area contributed by atoms with Crippen LogP contribution >= 0.6 is 0 Å². The van der Waals surface area contributed by atoms with Crippen LogP contribution in [0.2, 0.25) is 0 Å². The minimum atomic E-state index is -4.46. The largest absolute Gasteiger partial charge is 0.433 e. The second-order valence-electron chi connectivity index (χ2n) is 3.83. The van der Waals surface area contributed by atoms with Crippen molar-refractivity contribution in [2.75, 3.05) is 7.11 Å². The highest BCUT2D eigenvalue weighted by Crippen LogP contribution is 2.33. The fraction of sp³-hybridized carbons (Fsp3) is 0.600. The van der Waals surface area contributed by atoms with Crippen LogP contribution in [0.1, 0.15) is 35.8 Å². The van der Waals surface area contributed by atoms with Gasteiger partial charge in [-0.3, -0.25) is 0 Å². The Morgan fingerprint density at radius 1 is 1.29 bits per heavy atom. The average Bonchev–Trinajstić information content (AvgIpc) is 2.72. The molecule has 0 radical (unpaired) electrons. The first-order valence-corrected chi connectivity index (χ1v) is 5.14. The zero-order valence-corrected chi connectivity index (χ0v) is 9.43. The van der Waals surface area contributed by atoms with Crippen LogP contribution < -0.4 is 5.32 Å². The summed E-state index contributed by atoms with van der Waals surface area (Å²) in [5.74, 6) is 0.0716. The Hall–Kier alpha value is -1.21. The molecule has 1 aromatic heterocycles. The van der Waals surface area contributed by atoms with Crippen molar-refractivity contribution >= 4 is 0 Å². The lowest BCUT2D eigenvalue weighted by Crippen LogP contribution is -2.17. The molecule has 0 amide bonds. The minimum Gasteiger partial charge on any atom is -0.374 e. The molecule has 0 saturated carbocycles. The molecule has 0 bridgehead atoms. The van der Waals surface area contributed by atoms with Gasteiger partial charge in [-0.1, -0.05) is 0 Å². The molecule has 1 aliphatic rings. The molecular weight excluding hydrogens is 235 g/mol. The van der Waals surface area contributed by atoms with Crippen LogP contribution in [-0.4, -0.2) is 17.1 Å². The maximum absolute atomic E-state index is 12.8. The standard InChI is InChI=1S/C10H12F3N3O/c1-5(17-2)9-15-7-4-14-3-6(7)8(16-9)10(11,12)13/h5,14H,3-4H2,1-2H3. The van der Waals surface area contributed by atoms with Crippen molar-refractivity contribution in [3.05, 3.63) is 22.8 Å². The molecule has 2 heterocycles. The second-order valence-corrected chi connectivity index (χ2v) is 3.83. The van der Waals surface area contributed by atoms with Crippen molar-refractivity contribution < 1.29 is 17.9 Å². The van der Waals surface area contributed by atoms with Gasteiger partial charge in [-0.2, -0.15) is 13.2 Å². The van der Waals surface area contributed by atoms with Crippen molar-refractivity contribution in [3.63, 3.8) is 0 Å². The zero-order chi connectivity index (χ0) is 12.6. The van der Waals surface area contributed by atoms with Crippen LogP contribution in [0.15, 0.2) is 0 Å². The highest BCUT2D eigenvalue weighted by Gasteiger charge is 2.38. The highest BCUT2D eigenvalue weighted by molar-refractivity contribution is 5.31. The third-order valence-electron chi connectivity index (χ3n) is 2.69. The van der Waals surface area contributed by atoms with E-state index >= 15 is 0 Å². The summed E-state index contributed by atoms with van der Waals surface area (Å²) in [7, 11) is 1.41. The molecule has 0 fully saturated rings. The smallest absolute Gasteiger partial charge is 0.374 e. The van der Waals surface area contributed by atoms with Gasteiger partial charge in [-0.05, 0) is 6.92 Å². The lowest BCUT2D eigenvalue weighted by atomic mass is 10.1. The molecule has 17 heavy (non-hydrogen) atoms. The van der Waals surface area contributed by atoms with Crippen molar-refractivity contribution in [2.24, 2.45) is 0 Å². The Balaban J connectivity index is 2.54. The van der Waals surface area contributed by atoms with Gasteiger partial charge in [-0.25, -0.2) is 9.97 Å². The van der Waals surface area contributed by atoms with Crippen LogP contribution in [0, 0.1) is 0 Å². The number of aromatic nitrogens is 2. The summed E-state index contributed by atoms with van der Waals surface area (Å²) >= 11 is 0. The normalized spacial score (nSPS) is 17.0. The molecule has 4 nitrogen and oxygen atoms in total. The lowest BCUT2D eigenvalue weighted by molar-refractivity contribution is -0.142. The van der Waals surface area contributed by atoms with Gasteiger partial charge in [0.05, 0.1) is 5.69 Å². The van der Waals surface area contributed by atoms with Crippen LogP contribution in [0.3, 0.4) is 0 Å². The Kier molecular flexibility index (Phi) is 3.05. The molecule has 1 atom stereocenters. The summed E-state index contributed by atoms with van der Waals surface area (Å²) in [6.45, 7) is 2.11. The molecule has 0 aromatic carbocycles. The predicted molar refractivity (Wildman–Crippen MR) is 53.0 cm³/mol. The van der Waals surface area contributed by atoms with E-state index in [0.717, 1.165) is 0 Å². The van der Waals surface area contributed by atoms with E-state index in [1.54, 1.807) is 6.92 Å². The Morgan fingerprint density at radius 3 is 2.59 bits per heavy atom. The molecule has 0 aliphatic carbocycles. The van der Waals surface area contributed by atoms with Gasteiger partial charge < -0.3 is 10.1 Å². The highest BCUT2D eigenvalue weighted by atomic mass is 19.4. The third kappa shape index (κ3) is 2.25. The monoisotopic (exact) mass is 247 g/mol. The van der Waals surface area contributed by atoms with E-state index in [0.29, 0.717) is 12.2 Å². The molecule has 2 rings (SSSR count). The van der Waals surface area contributed by atoms with E-state index in [-0.39, 0.29) is 17.9 Å². The van der Waals surface area contributed by atoms with Gasteiger partial charge in [0, 0.05) is 25.8 Å². The molecule has 1 N–H and O–H groups in total. The number of methoxy groups -OCH3 is 1. The molecule has 7 heteroatoms. The predicted octanol–water partition coefficient (Wildman–Crippen LogP) is 1.81. The lowest BCUT2D eigenvalue weighted by Gasteiger charge is -2.14. The first-order chi connectivity index (χ1) is 7.93. The SMILES string of the molecule is COC(C)c1nc2c(c(C(F)(F)F)n1)CNC2. The van der Waals surface area contributed by atoms with Crippen LogP contribution in [-0.2, 0) is 24.0 Å². The third-order valence-corrected chi connectivity index (χ3v) is 2.69. The number of alkyl halides is 3. The molecular formula is C10H12F3N3O. The van der Waals surface area contributed by atoms with Gasteiger partial charge in [0.25, 0.3) is 0 Å². The average molecular weight is 247 g/mol. The number of nitrogens with one attached hydrogen (secondary N) is 1. The van der Waals surface area contributed by atoms with Gasteiger partial charge in [0.15, 0.2) is 11.5 Å². The van der Waals surface area contributed by atoms with Crippen molar-refractivity contribution in [2.45, 2.75) is 32.3 Å². The van der Waals surface area contributed by atoms with E-state index in [4.69, 9.17) is 4.74 Å². The maximum Gasteiger partial charge on any atom is 0.433 e. The van der Waals surface area contributed by atoms with E-state index < -0.39 is 18.0 Å². The number of hydrogen-bond acceptors (Lipinski definition) is 4. The summed E-state index contributed by atoms with van der Waals surface area (Å²) < 4.78 is 43.4. The maximum atomic E-state index is 12.8. The van der Waals surface area contributed by atoms with E-state index in [1.165, 1.54) is 7.11 Å². The van der Waals surface area contributed by atoms with Gasteiger partial charge in [0.2, 0.25) is 0 Å². The minimum absolute atomic E-state index is 0.0716. The summed E-state index contributed by atoms with van der Waals surface area (Å²) in [4.78, 5) is 7.68. The molecule has 0 spiro atoms. The summed E-state index contributed by atoms with van der Waals surface area (Å²) in [6, 6.07) is 0. The summed E-state index contributed by atoms with van der Waals surface area (Å²) in [5.41, 5.74) is -0.304. The summed E-state index contributed by atoms with van der Waals surface area (Å²) in [6.07, 6.45) is -5.01. The molecule has 94 valence electrons. The number of ether oxygens (including phenoxy) is 1. The zero-order valence-electron chi connectivity index (χ0n) is 9.43. The number of halogens is 3. The van der Waals surface area contributed by atoms with Crippen LogP contribution in [0.4, 0.5) is 13.2 Å². The van der Waals surface area contributed by atoms with Gasteiger partial charge in [0.1, 0.15) is 6.10 Å². The molecule has 0 saturated heterocycles. The second kappa shape index (κ2) is 4.23. The van der Waals surface area contributed by atoms with Crippen molar-refractivity contribution in [1.82, 2.24) is 15.3 Å². The van der Waals surface area contributed by atoms with E-state index in [9.17, 15) is 13.2 Å². The quantitative estimate of drug-likeness (QED) is 0.865. The van der Waals surface area contributed by atoms with Gasteiger partial charge >= 0.3 is 6.18 Å². The van der Waals surface area contributed by atoms with Crippen LogP contribution in [0.5, 0.6) is 0 Å². The van der Waals surface area contributed by atoms with Crippen molar-refractivity contribution in [1.29, 1.82) is 0 Å². The van der Waals surface area contributed by atoms with Crippen molar-refractivity contribution in [3.8, 4) is 0 Å². The molecule has 1 aliphatic heterocycles. The number of fused-ring (bicyclic) bond motifs is 1. The molecule has 1 unspecified atom stereocenters. The molecule has 1 aromatic rings. The van der Waals surface area contributed by atoms with E-state index in [1.807, 2.05) is 0 Å². The Bertz CT molecular complexity index is 434. The number of rotatable bonds is 2. The fourth-order valence-corrected chi connectivity index (χ4v) is 1.71. The first kappa shape index (κ1) is 12.3. The Labute approximate surface area is 96.2 Å². The fourth-order valence-electron chi connectivity index (χ4n) is 1.71. The first-order valence-electron chi connectivity index (χ1n) is 5.14. The Morgan fingerprint density at radius 2 is 2.00 bits per heavy atom. The number of nitrogens with zero attached hydrogens (tertiary/aromatic N) is 2. The van der Waals surface area contributed by atoms with Gasteiger partial charge in [-0.15, -0.1) is 0 Å². The summed E-state index contributed by atoms with van der Waals surface area (Å²) in [5, 5.41) is 2.84. The number of hydrogen-bond donors (Lipinski definition) is 1. The van der Waals surface area contributed by atoms with E-state index in [2.05, 4.69) is 15.3 Å². The van der Waals surface area contributed by atoms with Crippen LogP contribution in [0.25, 0.3) is 0 Å².